The highest BCUT2D eigenvalue weighted by molar-refractivity contribution is 5.71. The Balaban J connectivity index is 4.12. The fourth-order valence-corrected chi connectivity index (χ4v) is 9.74. The summed E-state index contributed by atoms with van der Waals surface area (Å²) < 4.78 is 16.9. The molecule has 0 saturated carbocycles. The zero-order valence-electron chi connectivity index (χ0n) is 51.2. The van der Waals surface area contributed by atoms with Crippen molar-refractivity contribution in [1.29, 1.82) is 0 Å². The summed E-state index contributed by atoms with van der Waals surface area (Å²) in [5, 5.41) is 0. The Morgan fingerprint density at radius 3 is 0.792 bits per heavy atom. The van der Waals surface area contributed by atoms with Gasteiger partial charge in [0.2, 0.25) is 0 Å². The van der Waals surface area contributed by atoms with E-state index in [0.717, 1.165) is 96.3 Å². The number of hydrogen-bond acceptors (Lipinski definition) is 6. The van der Waals surface area contributed by atoms with Gasteiger partial charge in [0.05, 0.1) is 0 Å². The molecule has 0 aliphatic heterocycles. The first-order chi connectivity index (χ1) is 38.0. The number of unbranched alkanes of at least 4 members (excludes halogenated alkanes) is 38. The molecule has 0 bridgehead atoms. The van der Waals surface area contributed by atoms with E-state index < -0.39 is 6.10 Å². The molecule has 0 aromatic heterocycles. The average Bonchev–Trinajstić information content (AvgIpc) is 3.43. The molecule has 0 aliphatic rings. The molecule has 0 saturated heterocycles. The summed E-state index contributed by atoms with van der Waals surface area (Å²) >= 11 is 0. The van der Waals surface area contributed by atoms with Crippen molar-refractivity contribution in [2.45, 2.75) is 348 Å². The standard InChI is InChI=1S/C71H126O6/c1-4-7-10-13-16-19-22-25-26-27-28-29-30-31-32-33-34-35-36-37-38-39-40-41-42-43-44-47-49-52-55-58-61-64-70(73)76-67-68(77-71(74)65-62-59-56-53-50-46-24-21-18-15-12-9-6-3)66-75-69(72)63-60-57-54-51-48-45-23-20-17-14-11-8-5-2/h7,10,16,19,25-26,28-29,31-32,34-35,68H,4-6,8-9,11-15,17-18,20-24,27,30,33,36-67H2,1-3H3/b10-7-,19-16-,26-25-,29-28-,32-31-,35-34-. The molecule has 0 radical (unpaired) electrons. The zero-order valence-corrected chi connectivity index (χ0v) is 51.2. The van der Waals surface area contributed by atoms with Crippen LogP contribution >= 0.6 is 0 Å². The third-order valence-electron chi connectivity index (χ3n) is 14.7. The van der Waals surface area contributed by atoms with Crippen LogP contribution in [-0.2, 0) is 28.6 Å². The molecule has 0 spiro atoms. The Morgan fingerprint density at radius 2 is 0.506 bits per heavy atom. The molecule has 0 rings (SSSR count). The van der Waals surface area contributed by atoms with Crippen molar-refractivity contribution >= 4 is 17.9 Å². The van der Waals surface area contributed by atoms with Crippen molar-refractivity contribution in [2.24, 2.45) is 0 Å². The molecule has 0 aliphatic carbocycles. The van der Waals surface area contributed by atoms with Gasteiger partial charge >= 0.3 is 17.9 Å². The second-order valence-electron chi connectivity index (χ2n) is 22.4. The Hall–Kier alpha value is -3.15. The van der Waals surface area contributed by atoms with E-state index in [0.29, 0.717) is 19.3 Å². The molecule has 446 valence electrons. The number of hydrogen-bond donors (Lipinski definition) is 0. The van der Waals surface area contributed by atoms with Gasteiger partial charge in [-0.05, 0) is 70.6 Å². The normalized spacial score (nSPS) is 12.5. The van der Waals surface area contributed by atoms with E-state index in [2.05, 4.69) is 93.7 Å². The molecular weight excluding hydrogens is 949 g/mol. The Labute approximate surface area is 478 Å². The van der Waals surface area contributed by atoms with Crippen LogP contribution in [0, 0.1) is 0 Å². The van der Waals surface area contributed by atoms with Gasteiger partial charge in [-0.1, -0.05) is 325 Å². The summed E-state index contributed by atoms with van der Waals surface area (Å²) in [6.07, 6.45) is 84.9. The van der Waals surface area contributed by atoms with Gasteiger partial charge in [0.25, 0.3) is 0 Å². The van der Waals surface area contributed by atoms with Gasteiger partial charge in [-0.3, -0.25) is 14.4 Å². The monoisotopic (exact) mass is 1070 g/mol. The van der Waals surface area contributed by atoms with Crippen LogP contribution in [0.2, 0.25) is 0 Å². The van der Waals surface area contributed by atoms with E-state index in [4.69, 9.17) is 14.2 Å². The topological polar surface area (TPSA) is 78.9 Å². The largest absolute Gasteiger partial charge is 0.462 e. The van der Waals surface area contributed by atoms with Crippen molar-refractivity contribution in [3.05, 3.63) is 72.9 Å². The lowest BCUT2D eigenvalue weighted by atomic mass is 10.0. The molecule has 0 fully saturated rings. The van der Waals surface area contributed by atoms with Gasteiger partial charge in [0, 0.05) is 19.3 Å². The number of allylic oxidation sites excluding steroid dienone is 12. The van der Waals surface area contributed by atoms with Crippen LogP contribution in [0.15, 0.2) is 72.9 Å². The second-order valence-corrected chi connectivity index (χ2v) is 22.4. The molecule has 0 amide bonds. The van der Waals surface area contributed by atoms with E-state index in [1.165, 1.54) is 205 Å². The van der Waals surface area contributed by atoms with Crippen LogP contribution in [0.5, 0.6) is 0 Å². The lowest BCUT2D eigenvalue weighted by Gasteiger charge is -2.18. The van der Waals surface area contributed by atoms with Crippen LogP contribution in [0.25, 0.3) is 0 Å². The first-order valence-corrected chi connectivity index (χ1v) is 33.4. The summed E-state index contributed by atoms with van der Waals surface area (Å²) in [7, 11) is 0. The highest BCUT2D eigenvalue weighted by atomic mass is 16.6. The first-order valence-electron chi connectivity index (χ1n) is 33.4. The van der Waals surface area contributed by atoms with Crippen molar-refractivity contribution in [2.75, 3.05) is 13.2 Å². The predicted molar refractivity (Wildman–Crippen MR) is 335 cm³/mol. The lowest BCUT2D eigenvalue weighted by molar-refractivity contribution is -0.167. The number of esters is 3. The third-order valence-corrected chi connectivity index (χ3v) is 14.7. The van der Waals surface area contributed by atoms with Gasteiger partial charge in [0.15, 0.2) is 6.10 Å². The summed E-state index contributed by atoms with van der Waals surface area (Å²) in [4.78, 5) is 38.3. The van der Waals surface area contributed by atoms with Crippen molar-refractivity contribution in [3.63, 3.8) is 0 Å². The van der Waals surface area contributed by atoms with Crippen molar-refractivity contribution in [1.82, 2.24) is 0 Å². The van der Waals surface area contributed by atoms with Crippen LogP contribution in [-0.4, -0.2) is 37.2 Å². The van der Waals surface area contributed by atoms with E-state index >= 15 is 0 Å². The van der Waals surface area contributed by atoms with E-state index in [9.17, 15) is 14.4 Å². The molecule has 77 heavy (non-hydrogen) atoms. The van der Waals surface area contributed by atoms with Crippen molar-refractivity contribution < 1.29 is 28.6 Å². The van der Waals surface area contributed by atoms with Gasteiger partial charge in [-0.25, -0.2) is 0 Å². The summed E-state index contributed by atoms with van der Waals surface area (Å²) in [5.41, 5.74) is 0. The number of carbonyl (C=O) groups is 3. The third kappa shape index (κ3) is 63.6. The van der Waals surface area contributed by atoms with Crippen LogP contribution in [0.3, 0.4) is 0 Å². The molecule has 0 heterocycles. The van der Waals surface area contributed by atoms with Gasteiger partial charge in [0.1, 0.15) is 13.2 Å². The Morgan fingerprint density at radius 1 is 0.273 bits per heavy atom. The quantitative estimate of drug-likeness (QED) is 0.0261. The van der Waals surface area contributed by atoms with E-state index in [-0.39, 0.29) is 31.1 Å². The predicted octanol–water partition coefficient (Wildman–Crippen LogP) is 22.9. The summed E-state index contributed by atoms with van der Waals surface area (Å²) in [6.45, 7) is 6.57. The Kier molecular flexibility index (Phi) is 62.7. The fourth-order valence-electron chi connectivity index (χ4n) is 9.74. The number of rotatable bonds is 61. The molecule has 6 heteroatoms. The molecule has 0 N–H and O–H groups in total. The minimum Gasteiger partial charge on any atom is -0.462 e. The summed E-state index contributed by atoms with van der Waals surface area (Å²) in [5.74, 6) is -0.849. The zero-order chi connectivity index (χ0) is 55.7. The Bertz CT molecular complexity index is 1420. The molecule has 1 atom stereocenters. The highest BCUT2D eigenvalue weighted by Crippen LogP contribution is 2.17. The van der Waals surface area contributed by atoms with Crippen LogP contribution in [0.4, 0.5) is 0 Å². The van der Waals surface area contributed by atoms with Crippen LogP contribution < -0.4 is 0 Å². The number of carbonyl (C=O) groups excluding carboxylic acids is 3. The van der Waals surface area contributed by atoms with E-state index in [1.807, 2.05) is 0 Å². The fraction of sp³-hybridized carbons (Fsp3) is 0.789. The molecule has 0 aromatic rings. The molecular formula is C71H126O6. The minimum atomic E-state index is -0.770. The minimum absolute atomic E-state index is 0.0682. The molecule has 0 aromatic carbocycles. The second kappa shape index (κ2) is 65.4. The maximum atomic E-state index is 12.9. The van der Waals surface area contributed by atoms with Crippen LogP contribution in [0.1, 0.15) is 342 Å². The highest BCUT2D eigenvalue weighted by Gasteiger charge is 2.19. The molecule has 6 nitrogen and oxygen atoms in total. The maximum Gasteiger partial charge on any atom is 0.306 e. The van der Waals surface area contributed by atoms with E-state index in [1.54, 1.807) is 0 Å². The first kappa shape index (κ1) is 73.8. The average molecular weight is 1080 g/mol. The SMILES string of the molecule is CC/C=C\C/C=C\C/C=C\C/C=C\C/C=C\C/C=C\CCCCCCCCCCCCCCCCC(=O)OCC(COC(=O)CCCCCCCCCCCCCCC)OC(=O)CCCCCCCCCCCCCCC. The van der Waals surface area contributed by atoms with Crippen molar-refractivity contribution in [3.8, 4) is 0 Å². The summed E-state index contributed by atoms with van der Waals surface area (Å²) in [6, 6.07) is 0. The lowest BCUT2D eigenvalue weighted by Crippen LogP contribution is -2.30. The van der Waals surface area contributed by atoms with Gasteiger partial charge in [-0.2, -0.15) is 0 Å². The smallest absolute Gasteiger partial charge is 0.306 e. The maximum absolute atomic E-state index is 12.9. The molecule has 1 unspecified atom stereocenters. The number of ether oxygens (including phenoxy) is 3. The van der Waals surface area contributed by atoms with Gasteiger partial charge < -0.3 is 14.2 Å². The van der Waals surface area contributed by atoms with Gasteiger partial charge in [-0.15, -0.1) is 0 Å².